The van der Waals surface area contributed by atoms with E-state index in [-0.39, 0.29) is 0 Å². The maximum atomic E-state index is 6.20. The van der Waals surface area contributed by atoms with Crippen molar-refractivity contribution in [3.05, 3.63) is 23.4 Å². The molecule has 1 aromatic rings. The maximum absolute atomic E-state index is 6.20. The van der Waals surface area contributed by atoms with E-state index in [1.54, 1.807) is 0 Å². The summed E-state index contributed by atoms with van der Waals surface area (Å²) in [5.74, 6) is 3.58. The van der Waals surface area contributed by atoms with Crippen molar-refractivity contribution in [2.75, 3.05) is 42.6 Å². The molecule has 2 fully saturated rings. The molecule has 0 N–H and O–H groups in total. The number of rotatable bonds is 2. The average Bonchev–Trinajstić information content (AvgIpc) is 2.94. The van der Waals surface area contributed by atoms with Crippen LogP contribution in [0.1, 0.15) is 6.42 Å². The molecule has 3 rings (SSSR count). The van der Waals surface area contributed by atoms with Gasteiger partial charge in [-0.05, 0) is 24.3 Å². The van der Waals surface area contributed by atoms with Gasteiger partial charge in [0.2, 0.25) is 0 Å². The van der Waals surface area contributed by atoms with Gasteiger partial charge < -0.3 is 4.90 Å². The van der Waals surface area contributed by atoms with Crippen LogP contribution in [0.3, 0.4) is 0 Å². The Morgan fingerprint density at radius 1 is 1.28 bits per heavy atom. The lowest BCUT2D eigenvalue weighted by Crippen LogP contribution is -2.50. The van der Waals surface area contributed by atoms with Gasteiger partial charge in [0.05, 0.1) is 5.02 Å². The molecule has 1 atom stereocenters. The molecule has 2 saturated heterocycles. The fourth-order valence-corrected chi connectivity index (χ4v) is 4.22. The minimum absolute atomic E-state index is 0.766. The van der Waals surface area contributed by atoms with Crippen molar-refractivity contribution in [1.82, 2.24) is 9.88 Å². The number of pyridine rings is 1. The van der Waals surface area contributed by atoms with E-state index in [4.69, 9.17) is 11.6 Å². The van der Waals surface area contributed by atoms with Crippen LogP contribution in [0.2, 0.25) is 5.02 Å². The van der Waals surface area contributed by atoms with Crippen LogP contribution in [-0.4, -0.2) is 53.6 Å². The zero-order valence-electron chi connectivity index (χ0n) is 10.4. The SMILES string of the molecule is Clc1cccnc1N1CCN([C@@H]2CCSC2)CC1. The smallest absolute Gasteiger partial charge is 0.147 e. The van der Waals surface area contributed by atoms with Crippen LogP contribution in [0.25, 0.3) is 0 Å². The summed E-state index contributed by atoms with van der Waals surface area (Å²) in [7, 11) is 0. The van der Waals surface area contributed by atoms with Crippen LogP contribution < -0.4 is 4.90 Å². The average molecular weight is 284 g/mol. The number of nitrogens with zero attached hydrogens (tertiary/aromatic N) is 3. The molecule has 3 nitrogen and oxygen atoms in total. The Morgan fingerprint density at radius 3 is 2.78 bits per heavy atom. The number of thioether (sulfide) groups is 1. The first-order valence-electron chi connectivity index (χ1n) is 6.52. The lowest BCUT2D eigenvalue weighted by molar-refractivity contribution is 0.200. The third-order valence-corrected chi connectivity index (χ3v) is 5.21. The van der Waals surface area contributed by atoms with Gasteiger partial charge in [0.1, 0.15) is 5.82 Å². The van der Waals surface area contributed by atoms with E-state index in [1.165, 1.54) is 17.9 Å². The monoisotopic (exact) mass is 283 g/mol. The summed E-state index contributed by atoms with van der Waals surface area (Å²) in [5, 5.41) is 0.766. The summed E-state index contributed by atoms with van der Waals surface area (Å²) in [5.41, 5.74) is 0. The fourth-order valence-electron chi connectivity index (χ4n) is 2.72. The minimum atomic E-state index is 0.766. The van der Waals surface area contributed by atoms with Gasteiger partial charge in [0.25, 0.3) is 0 Å². The van der Waals surface area contributed by atoms with Crippen molar-refractivity contribution < 1.29 is 0 Å². The molecule has 0 spiro atoms. The quantitative estimate of drug-likeness (QED) is 0.830. The Labute approximate surface area is 118 Å². The highest BCUT2D eigenvalue weighted by Gasteiger charge is 2.27. The van der Waals surface area contributed by atoms with Crippen molar-refractivity contribution in [2.24, 2.45) is 0 Å². The van der Waals surface area contributed by atoms with Gasteiger partial charge in [0.15, 0.2) is 0 Å². The van der Waals surface area contributed by atoms with E-state index in [0.29, 0.717) is 0 Å². The van der Waals surface area contributed by atoms with Crippen molar-refractivity contribution in [3.63, 3.8) is 0 Å². The Kier molecular flexibility index (Phi) is 3.97. The van der Waals surface area contributed by atoms with Crippen LogP contribution >= 0.6 is 23.4 Å². The molecule has 0 aliphatic carbocycles. The normalized spacial score (nSPS) is 25.6. The van der Waals surface area contributed by atoms with Gasteiger partial charge >= 0.3 is 0 Å². The van der Waals surface area contributed by atoms with Crippen molar-refractivity contribution in [2.45, 2.75) is 12.5 Å². The lowest BCUT2D eigenvalue weighted by Gasteiger charge is -2.38. The van der Waals surface area contributed by atoms with Gasteiger partial charge in [0, 0.05) is 44.2 Å². The summed E-state index contributed by atoms with van der Waals surface area (Å²) < 4.78 is 0. The van der Waals surface area contributed by atoms with E-state index in [2.05, 4.69) is 26.5 Å². The van der Waals surface area contributed by atoms with Gasteiger partial charge in [-0.15, -0.1) is 0 Å². The molecule has 1 aromatic heterocycles. The summed E-state index contributed by atoms with van der Waals surface area (Å²) >= 11 is 8.29. The Morgan fingerprint density at radius 2 is 2.11 bits per heavy atom. The van der Waals surface area contributed by atoms with Gasteiger partial charge in [-0.1, -0.05) is 11.6 Å². The van der Waals surface area contributed by atoms with Crippen LogP contribution in [0.5, 0.6) is 0 Å². The maximum Gasteiger partial charge on any atom is 0.147 e. The second-order valence-electron chi connectivity index (χ2n) is 4.85. The summed E-state index contributed by atoms with van der Waals surface area (Å²) in [4.78, 5) is 9.33. The number of hydrogen-bond donors (Lipinski definition) is 0. The first-order valence-corrected chi connectivity index (χ1v) is 8.05. The molecular formula is C13H18ClN3S. The van der Waals surface area contributed by atoms with Gasteiger partial charge in [-0.3, -0.25) is 4.90 Å². The summed E-state index contributed by atoms with van der Waals surface area (Å²) in [6, 6.07) is 4.61. The zero-order chi connectivity index (χ0) is 12.4. The van der Waals surface area contributed by atoms with Crippen molar-refractivity contribution >= 4 is 29.2 Å². The van der Waals surface area contributed by atoms with Crippen LogP contribution in [0, 0.1) is 0 Å². The molecule has 2 aliphatic rings. The second-order valence-corrected chi connectivity index (χ2v) is 6.41. The Bertz CT molecular complexity index is 401. The highest BCUT2D eigenvalue weighted by Crippen LogP contribution is 2.26. The highest BCUT2D eigenvalue weighted by atomic mass is 35.5. The fraction of sp³-hybridized carbons (Fsp3) is 0.615. The van der Waals surface area contributed by atoms with Gasteiger partial charge in [-0.25, -0.2) is 4.98 Å². The molecule has 0 unspecified atom stereocenters. The molecule has 98 valence electrons. The second kappa shape index (κ2) is 5.68. The molecule has 5 heteroatoms. The highest BCUT2D eigenvalue weighted by molar-refractivity contribution is 7.99. The van der Waals surface area contributed by atoms with Crippen LogP contribution in [0.15, 0.2) is 18.3 Å². The number of hydrogen-bond acceptors (Lipinski definition) is 4. The molecule has 2 aliphatic heterocycles. The zero-order valence-corrected chi connectivity index (χ0v) is 12.0. The van der Waals surface area contributed by atoms with E-state index in [1.807, 2.05) is 18.3 Å². The predicted molar refractivity (Wildman–Crippen MR) is 78.8 cm³/mol. The summed E-state index contributed by atoms with van der Waals surface area (Å²) in [6.45, 7) is 4.35. The first kappa shape index (κ1) is 12.6. The number of halogens is 1. The standard InChI is InChI=1S/C13H18ClN3S/c14-12-2-1-4-15-13(12)17-7-5-16(6-8-17)11-3-9-18-10-11/h1-2,4,11H,3,5-10H2/t11-/m1/s1. The molecule has 0 radical (unpaired) electrons. The number of piperazine rings is 1. The molecular weight excluding hydrogens is 266 g/mol. The third kappa shape index (κ3) is 2.60. The molecule has 0 bridgehead atoms. The van der Waals surface area contributed by atoms with Crippen LogP contribution in [-0.2, 0) is 0 Å². The predicted octanol–water partition coefficient (Wildman–Crippen LogP) is 2.36. The summed E-state index contributed by atoms with van der Waals surface area (Å²) in [6.07, 6.45) is 3.18. The molecule has 18 heavy (non-hydrogen) atoms. The third-order valence-electron chi connectivity index (χ3n) is 3.77. The van der Waals surface area contributed by atoms with E-state index in [0.717, 1.165) is 43.1 Å². The Balaban J connectivity index is 1.61. The van der Waals surface area contributed by atoms with E-state index >= 15 is 0 Å². The number of anilines is 1. The van der Waals surface area contributed by atoms with E-state index < -0.39 is 0 Å². The van der Waals surface area contributed by atoms with Crippen molar-refractivity contribution in [3.8, 4) is 0 Å². The van der Waals surface area contributed by atoms with E-state index in [9.17, 15) is 0 Å². The molecule has 3 heterocycles. The minimum Gasteiger partial charge on any atom is -0.353 e. The largest absolute Gasteiger partial charge is 0.353 e. The lowest BCUT2D eigenvalue weighted by atomic mass is 10.2. The first-order chi connectivity index (χ1) is 8.84. The van der Waals surface area contributed by atoms with Crippen molar-refractivity contribution in [1.29, 1.82) is 0 Å². The topological polar surface area (TPSA) is 19.4 Å². The Hall–Kier alpha value is -0.450. The molecule has 0 amide bonds. The molecule has 0 aromatic carbocycles. The van der Waals surface area contributed by atoms with Crippen LogP contribution in [0.4, 0.5) is 5.82 Å². The van der Waals surface area contributed by atoms with Gasteiger partial charge in [-0.2, -0.15) is 11.8 Å². The number of aromatic nitrogens is 1. The molecule has 0 saturated carbocycles.